The number of hydrogen-bond acceptors (Lipinski definition) is 5. The lowest BCUT2D eigenvalue weighted by atomic mass is 10.1. The molecule has 0 unspecified atom stereocenters. The van der Waals surface area contributed by atoms with Crippen LogP contribution in [0.15, 0.2) is 17.9 Å². The first-order valence-electron chi connectivity index (χ1n) is 7.67. The van der Waals surface area contributed by atoms with Crippen molar-refractivity contribution in [2.75, 3.05) is 24.5 Å². The number of carbonyl (C=O) groups excluding carboxylic acids is 2. The van der Waals surface area contributed by atoms with Gasteiger partial charge < -0.3 is 9.80 Å². The lowest BCUT2D eigenvalue weighted by Crippen LogP contribution is -2.50. The number of thiazole rings is 1. The largest absolute Gasteiger partial charge is 0.333 e. The van der Waals surface area contributed by atoms with Crippen LogP contribution in [-0.4, -0.2) is 51.1 Å². The lowest BCUT2D eigenvalue weighted by molar-refractivity contribution is -0.117. The van der Waals surface area contributed by atoms with Crippen LogP contribution in [0.1, 0.15) is 34.2 Å². The van der Waals surface area contributed by atoms with E-state index in [9.17, 15) is 9.59 Å². The van der Waals surface area contributed by atoms with Crippen LogP contribution in [-0.2, 0) is 4.79 Å². The van der Waals surface area contributed by atoms with E-state index in [1.54, 1.807) is 16.6 Å². The molecule has 0 bridgehead atoms. The summed E-state index contributed by atoms with van der Waals surface area (Å²) >= 11 is 1.38. The van der Waals surface area contributed by atoms with Gasteiger partial charge in [-0.1, -0.05) is 0 Å². The quantitative estimate of drug-likeness (QED) is 0.854. The van der Waals surface area contributed by atoms with Gasteiger partial charge in [-0.25, -0.2) is 4.98 Å². The molecular weight excluding hydrogens is 314 g/mol. The van der Waals surface area contributed by atoms with Crippen molar-refractivity contribution < 1.29 is 9.59 Å². The highest BCUT2D eigenvalue weighted by Gasteiger charge is 2.34. The Morgan fingerprint density at radius 3 is 2.87 bits per heavy atom. The van der Waals surface area contributed by atoms with Crippen LogP contribution >= 0.6 is 11.3 Å². The van der Waals surface area contributed by atoms with Gasteiger partial charge in [-0.3, -0.25) is 14.3 Å². The van der Waals surface area contributed by atoms with Gasteiger partial charge >= 0.3 is 0 Å². The molecule has 0 spiro atoms. The van der Waals surface area contributed by atoms with Crippen LogP contribution in [0.3, 0.4) is 0 Å². The average Bonchev–Trinajstić information content (AvgIpc) is 3.18. The molecule has 0 N–H and O–H groups in total. The normalized spacial score (nSPS) is 18.6. The second-order valence-corrected chi connectivity index (χ2v) is 6.81. The molecular formula is C15H17N5O2S. The molecule has 2 aromatic heterocycles. The summed E-state index contributed by atoms with van der Waals surface area (Å²) in [4.78, 5) is 32.6. The Balaban J connectivity index is 1.41. The molecule has 0 aromatic carbocycles. The molecule has 2 aliphatic rings. The van der Waals surface area contributed by atoms with Gasteiger partial charge in [0.1, 0.15) is 4.88 Å². The van der Waals surface area contributed by atoms with E-state index in [0.717, 1.165) is 24.3 Å². The van der Waals surface area contributed by atoms with Gasteiger partial charge in [-0.05, 0) is 13.3 Å². The van der Waals surface area contributed by atoms with Crippen LogP contribution in [0.5, 0.6) is 0 Å². The molecule has 0 saturated carbocycles. The van der Waals surface area contributed by atoms with E-state index in [2.05, 4.69) is 10.1 Å². The van der Waals surface area contributed by atoms with E-state index in [0.29, 0.717) is 24.4 Å². The summed E-state index contributed by atoms with van der Waals surface area (Å²) in [6.45, 7) is 3.91. The fourth-order valence-corrected chi connectivity index (χ4v) is 3.80. The molecule has 2 aromatic rings. The summed E-state index contributed by atoms with van der Waals surface area (Å²) in [5.41, 5.74) is 3.35. The monoisotopic (exact) mass is 331 g/mol. The zero-order chi connectivity index (χ0) is 16.0. The van der Waals surface area contributed by atoms with Crippen molar-refractivity contribution in [1.82, 2.24) is 19.7 Å². The molecule has 4 heterocycles. The minimum absolute atomic E-state index is 0.0448. The van der Waals surface area contributed by atoms with Crippen molar-refractivity contribution in [2.24, 2.45) is 0 Å². The first-order valence-corrected chi connectivity index (χ1v) is 8.55. The highest BCUT2D eigenvalue weighted by molar-refractivity contribution is 7.11. The second kappa shape index (κ2) is 5.45. The van der Waals surface area contributed by atoms with Crippen molar-refractivity contribution >= 4 is 28.8 Å². The van der Waals surface area contributed by atoms with E-state index >= 15 is 0 Å². The van der Waals surface area contributed by atoms with E-state index < -0.39 is 0 Å². The predicted octanol–water partition coefficient (Wildman–Crippen LogP) is 1.47. The molecule has 7 nitrogen and oxygen atoms in total. The van der Waals surface area contributed by atoms with Crippen LogP contribution in [0.2, 0.25) is 0 Å². The van der Waals surface area contributed by atoms with Gasteiger partial charge in [0, 0.05) is 32.3 Å². The number of nitrogens with zero attached hydrogens (tertiary/aromatic N) is 5. The van der Waals surface area contributed by atoms with Crippen LogP contribution in [0.25, 0.3) is 0 Å². The zero-order valence-electron chi connectivity index (χ0n) is 12.8. The fourth-order valence-electron chi connectivity index (χ4n) is 3.03. The molecule has 4 rings (SSSR count). The SMILES string of the molecule is Cc1ncsc1C(=O)N1CC(n2cc(N3CCCC3=O)cn2)C1. The van der Waals surface area contributed by atoms with Gasteiger partial charge in [-0.15, -0.1) is 11.3 Å². The first kappa shape index (κ1) is 14.4. The Labute approximate surface area is 137 Å². The van der Waals surface area contributed by atoms with Crippen molar-refractivity contribution in [1.29, 1.82) is 0 Å². The lowest BCUT2D eigenvalue weighted by Gasteiger charge is -2.39. The smallest absolute Gasteiger partial charge is 0.265 e. The number of rotatable bonds is 3. The third-order valence-corrected chi connectivity index (χ3v) is 5.35. The molecule has 0 radical (unpaired) electrons. The third kappa shape index (κ3) is 2.42. The van der Waals surface area contributed by atoms with Crippen LogP contribution < -0.4 is 4.90 Å². The first-order chi connectivity index (χ1) is 11.1. The summed E-state index contributed by atoms with van der Waals surface area (Å²) < 4.78 is 1.87. The third-order valence-electron chi connectivity index (χ3n) is 4.44. The summed E-state index contributed by atoms with van der Waals surface area (Å²) in [5.74, 6) is 0.207. The Bertz CT molecular complexity index is 762. The Kier molecular flexibility index (Phi) is 3.41. The molecule has 120 valence electrons. The molecule has 0 atom stereocenters. The minimum Gasteiger partial charge on any atom is -0.333 e. The molecule has 2 amide bonds. The topological polar surface area (TPSA) is 71.3 Å². The maximum Gasteiger partial charge on any atom is 0.265 e. The van der Waals surface area contributed by atoms with E-state index in [1.165, 1.54) is 11.3 Å². The maximum atomic E-state index is 12.4. The number of aromatic nitrogens is 3. The second-order valence-electron chi connectivity index (χ2n) is 5.96. The Morgan fingerprint density at radius 2 is 2.22 bits per heavy atom. The van der Waals surface area contributed by atoms with Gasteiger partial charge in [0.25, 0.3) is 5.91 Å². The van der Waals surface area contributed by atoms with Gasteiger partial charge in [0.15, 0.2) is 0 Å². The van der Waals surface area contributed by atoms with Crippen molar-refractivity contribution in [3.8, 4) is 0 Å². The molecule has 2 fully saturated rings. The number of anilines is 1. The number of likely N-dealkylation sites (tertiary alicyclic amines) is 1. The van der Waals surface area contributed by atoms with Gasteiger partial charge in [0.05, 0.1) is 29.1 Å². The molecule has 2 saturated heterocycles. The van der Waals surface area contributed by atoms with Crippen molar-refractivity contribution in [2.45, 2.75) is 25.8 Å². The van der Waals surface area contributed by atoms with Crippen LogP contribution in [0, 0.1) is 6.92 Å². The zero-order valence-corrected chi connectivity index (χ0v) is 13.6. The summed E-state index contributed by atoms with van der Waals surface area (Å²) in [6, 6.07) is 0.179. The number of hydrogen-bond donors (Lipinski definition) is 0. The van der Waals surface area contributed by atoms with Gasteiger partial charge in [0.2, 0.25) is 5.91 Å². The number of amides is 2. The maximum absolute atomic E-state index is 12.4. The fraction of sp³-hybridized carbons (Fsp3) is 0.467. The van der Waals surface area contributed by atoms with E-state index in [-0.39, 0.29) is 17.9 Å². The Morgan fingerprint density at radius 1 is 1.39 bits per heavy atom. The number of carbonyl (C=O) groups is 2. The molecule has 8 heteroatoms. The van der Waals surface area contributed by atoms with Crippen molar-refractivity contribution in [3.05, 3.63) is 28.5 Å². The molecule has 23 heavy (non-hydrogen) atoms. The molecule has 0 aliphatic carbocycles. The van der Waals surface area contributed by atoms with E-state index in [4.69, 9.17) is 0 Å². The predicted molar refractivity (Wildman–Crippen MR) is 85.6 cm³/mol. The van der Waals surface area contributed by atoms with E-state index in [1.807, 2.05) is 22.7 Å². The van der Waals surface area contributed by atoms with Crippen LogP contribution in [0.4, 0.5) is 5.69 Å². The van der Waals surface area contributed by atoms with Crippen molar-refractivity contribution in [3.63, 3.8) is 0 Å². The summed E-state index contributed by atoms with van der Waals surface area (Å²) in [7, 11) is 0. The Hall–Kier alpha value is -2.22. The number of aryl methyl sites for hydroxylation is 1. The standard InChI is InChI=1S/C15H17N5O2S/c1-10-14(23-9-16-10)15(22)18-6-12(7-18)20-8-11(5-17-20)19-4-2-3-13(19)21/h5,8-9,12H,2-4,6-7H2,1H3. The molecule has 2 aliphatic heterocycles. The highest BCUT2D eigenvalue weighted by Crippen LogP contribution is 2.27. The summed E-state index contributed by atoms with van der Waals surface area (Å²) in [6.07, 6.45) is 5.17. The average molecular weight is 331 g/mol. The summed E-state index contributed by atoms with van der Waals surface area (Å²) in [5, 5.41) is 4.37. The minimum atomic E-state index is 0.0448. The van der Waals surface area contributed by atoms with Gasteiger partial charge in [-0.2, -0.15) is 5.10 Å². The highest BCUT2D eigenvalue weighted by atomic mass is 32.1.